The zero-order chi connectivity index (χ0) is 20.3. The number of nitrogens with one attached hydrogen (secondary N) is 1. The van der Waals surface area contributed by atoms with Crippen LogP contribution in [-0.2, 0) is 6.54 Å². The molecule has 8 nitrogen and oxygen atoms in total. The highest BCUT2D eigenvalue weighted by Gasteiger charge is 2.17. The number of nitrogens with zero attached hydrogens (tertiary/aromatic N) is 2. The zero-order valence-corrected chi connectivity index (χ0v) is 14.9. The molecular weight excluding hydrogens is 362 g/mol. The monoisotopic (exact) mass is 378 g/mol. The highest BCUT2D eigenvalue weighted by Crippen LogP contribution is 2.18. The number of carboxylic acids is 1. The van der Waals surface area contributed by atoms with Gasteiger partial charge < -0.3 is 15.0 Å². The first kappa shape index (κ1) is 18.8. The second-order valence-electron chi connectivity index (χ2n) is 6.06. The van der Waals surface area contributed by atoms with Crippen LogP contribution in [0.2, 0.25) is 0 Å². The smallest absolute Gasteiger partial charge is 0.331 e. The first-order valence-electron chi connectivity index (χ1n) is 8.34. The van der Waals surface area contributed by atoms with Gasteiger partial charge in [0.1, 0.15) is 5.56 Å². The van der Waals surface area contributed by atoms with Crippen molar-refractivity contribution in [3.63, 3.8) is 0 Å². The minimum Gasteiger partial charge on any atom is -0.545 e. The molecule has 2 N–H and O–H groups in total. The maximum absolute atomic E-state index is 12.2. The molecule has 8 heteroatoms. The Balaban J connectivity index is 2.03. The minimum atomic E-state index is -1.31. The number of aromatic nitrogens is 2. The molecule has 3 rings (SSSR count). The third kappa shape index (κ3) is 3.90. The number of carbonyl (C=O) groups is 1. The lowest BCUT2D eigenvalue weighted by Crippen LogP contribution is -2.33. The van der Waals surface area contributed by atoms with Crippen LogP contribution in [0.1, 0.15) is 28.4 Å². The lowest BCUT2D eigenvalue weighted by atomic mass is 10.1. The van der Waals surface area contributed by atoms with Crippen molar-refractivity contribution in [2.45, 2.75) is 13.5 Å². The Hall–Kier alpha value is -3.94. The lowest BCUT2D eigenvalue weighted by molar-refractivity contribution is -0.255. The van der Waals surface area contributed by atoms with Gasteiger partial charge in [-0.1, -0.05) is 42.5 Å². The zero-order valence-electron chi connectivity index (χ0n) is 14.9. The molecule has 0 radical (unpaired) electrons. The first-order chi connectivity index (χ1) is 13.4. The predicted octanol–water partition coefficient (Wildman–Crippen LogP) is 0.795. The Bertz CT molecular complexity index is 1160. The molecule has 1 aromatic heterocycles. The van der Waals surface area contributed by atoms with Gasteiger partial charge in [-0.2, -0.15) is 0 Å². The van der Waals surface area contributed by atoms with Crippen LogP contribution in [0.15, 0.2) is 69.2 Å². The van der Waals surface area contributed by atoms with Gasteiger partial charge in [-0.05, 0) is 30.2 Å². The van der Waals surface area contributed by atoms with Crippen LogP contribution < -0.4 is 16.4 Å². The maximum atomic E-state index is 12.2. The molecule has 0 saturated heterocycles. The number of hydrogen-bond acceptors (Lipinski definition) is 6. The first-order valence-corrected chi connectivity index (χ1v) is 8.34. The summed E-state index contributed by atoms with van der Waals surface area (Å²) in [6.45, 7) is 1.58. The Morgan fingerprint density at radius 1 is 1.11 bits per heavy atom. The van der Waals surface area contributed by atoms with E-state index in [4.69, 9.17) is 0 Å². The van der Waals surface area contributed by atoms with Gasteiger partial charge >= 0.3 is 5.69 Å². The SMILES string of the molecule is CC(=Nc1ccc(C(=O)[O-])cc1)c1c(O)n(Cc2ccccc2)c(=O)[nH]c1=O. The quantitative estimate of drug-likeness (QED) is 0.635. The van der Waals surface area contributed by atoms with Gasteiger partial charge in [-0.3, -0.25) is 19.3 Å². The third-order valence-electron chi connectivity index (χ3n) is 4.12. The number of carbonyl (C=O) groups excluding carboxylic acids is 1. The summed E-state index contributed by atoms with van der Waals surface area (Å²) in [5, 5.41) is 21.4. The van der Waals surface area contributed by atoms with Crippen LogP contribution in [0.4, 0.5) is 5.69 Å². The van der Waals surface area contributed by atoms with Crippen LogP contribution in [-0.4, -0.2) is 26.3 Å². The van der Waals surface area contributed by atoms with E-state index in [-0.39, 0.29) is 23.4 Å². The van der Waals surface area contributed by atoms with Crippen molar-refractivity contribution in [3.05, 3.63) is 92.1 Å². The van der Waals surface area contributed by atoms with E-state index < -0.39 is 23.1 Å². The molecular formula is C20H16N3O5-. The summed E-state index contributed by atoms with van der Waals surface area (Å²) in [5.41, 5.74) is -0.330. The fourth-order valence-corrected chi connectivity index (χ4v) is 2.72. The molecule has 0 saturated carbocycles. The summed E-state index contributed by atoms with van der Waals surface area (Å²) in [7, 11) is 0. The van der Waals surface area contributed by atoms with Gasteiger partial charge in [0.15, 0.2) is 0 Å². The molecule has 142 valence electrons. The van der Waals surface area contributed by atoms with Gasteiger partial charge in [0.25, 0.3) is 5.56 Å². The Kier molecular flexibility index (Phi) is 5.21. The van der Waals surface area contributed by atoms with E-state index in [0.29, 0.717) is 5.69 Å². The normalized spacial score (nSPS) is 11.4. The van der Waals surface area contributed by atoms with E-state index in [0.717, 1.165) is 10.1 Å². The summed E-state index contributed by atoms with van der Waals surface area (Å²) in [4.78, 5) is 41.6. The van der Waals surface area contributed by atoms with Crippen LogP contribution in [0.25, 0.3) is 0 Å². The molecule has 0 amide bonds. The number of aromatic amines is 1. The summed E-state index contributed by atoms with van der Waals surface area (Å²) >= 11 is 0. The van der Waals surface area contributed by atoms with E-state index in [1.807, 2.05) is 6.07 Å². The summed E-state index contributed by atoms with van der Waals surface area (Å²) in [6.07, 6.45) is 0. The summed E-state index contributed by atoms with van der Waals surface area (Å²) in [5.74, 6) is -1.81. The molecule has 0 aliphatic carbocycles. The van der Waals surface area contributed by atoms with Crippen molar-refractivity contribution in [2.24, 2.45) is 4.99 Å². The van der Waals surface area contributed by atoms with Crippen molar-refractivity contribution in [1.29, 1.82) is 0 Å². The second-order valence-corrected chi connectivity index (χ2v) is 6.06. The second kappa shape index (κ2) is 7.75. The molecule has 0 atom stereocenters. The highest BCUT2D eigenvalue weighted by molar-refractivity contribution is 6.01. The molecule has 0 unspecified atom stereocenters. The lowest BCUT2D eigenvalue weighted by Gasteiger charge is -2.11. The highest BCUT2D eigenvalue weighted by atomic mass is 16.4. The molecule has 0 fully saturated rings. The summed E-state index contributed by atoms with van der Waals surface area (Å²) in [6, 6.07) is 14.5. The molecule has 0 aliphatic heterocycles. The third-order valence-corrected chi connectivity index (χ3v) is 4.12. The maximum Gasteiger partial charge on any atom is 0.331 e. The number of aromatic hydroxyl groups is 1. The van der Waals surface area contributed by atoms with Gasteiger partial charge in [0.2, 0.25) is 5.88 Å². The predicted molar refractivity (Wildman–Crippen MR) is 101 cm³/mol. The Morgan fingerprint density at radius 2 is 1.75 bits per heavy atom. The average molecular weight is 378 g/mol. The van der Waals surface area contributed by atoms with Crippen LogP contribution >= 0.6 is 0 Å². The van der Waals surface area contributed by atoms with E-state index in [2.05, 4.69) is 9.98 Å². The fourth-order valence-electron chi connectivity index (χ4n) is 2.72. The number of hydrogen-bond donors (Lipinski definition) is 2. The van der Waals surface area contributed by atoms with Crippen LogP contribution in [0.3, 0.4) is 0 Å². The van der Waals surface area contributed by atoms with E-state index in [9.17, 15) is 24.6 Å². The molecule has 0 spiro atoms. The van der Waals surface area contributed by atoms with Gasteiger partial charge in [-0.25, -0.2) is 4.79 Å². The molecule has 2 aromatic carbocycles. The van der Waals surface area contributed by atoms with E-state index >= 15 is 0 Å². The number of benzene rings is 2. The fraction of sp³-hybridized carbons (Fsp3) is 0.100. The topological polar surface area (TPSA) is 128 Å². The van der Waals surface area contributed by atoms with Crippen molar-refractivity contribution in [3.8, 4) is 5.88 Å². The van der Waals surface area contributed by atoms with Crippen molar-refractivity contribution in [2.75, 3.05) is 0 Å². The Morgan fingerprint density at radius 3 is 2.36 bits per heavy atom. The minimum absolute atomic E-state index is 0.00583. The van der Waals surface area contributed by atoms with E-state index in [1.54, 1.807) is 24.3 Å². The molecule has 3 aromatic rings. The molecule has 1 heterocycles. The number of rotatable bonds is 5. The summed E-state index contributed by atoms with van der Waals surface area (Å²) < 4.78 is 1.05. The van der Waals surface area contributed by atoms with Gasteiger partial charge in [0.05, 0.1) is 23.9 Å². The van der Waals surface area contributed by atoms with Crippen LogP contribution in [0.5, 0.6) is 5.88 Å². The van der Waals surface area contributed by atoms with Crippen molar-refractivity contribution in [1.82, 2.24) is 9.55 Å². The van der Waals surface area contributed by atoms with E-state index in [1.165, 1.54) is 31.2 Å². The van der Waals surface area contributed by atoms with Gasteiger partial charge in [-0.15, -0.1) is 0 Å². The molecule has 28 heavy (non-hydrogen) atoms. The molecule has 0 bridgehead atoms. The van der Waals surface area contributed by atoms with Crippen molar-refractivity contribution >= 4 is 17.4 Å². The average Bonchev–Trinajstić information content (AvgIpc) is 2.66. The number of aromatic carboxylic acids is 1. The van der Waals surface area contributed by atoms with Crippen molar-refractivity contribution < 1.29 is 15.0 Å². The largest absolute Gasteiger partial charge is 0.545 e. The Labute approximate surface area is 159 Å². The number of carboxylic acid groups (broad SMARTS) is 1. The number of H-pyrrole nitrogens is 1. The number of aliphatic imine (C=N–C) groups is 1. The standard InChI is InChI=1S/C20H17N3O5/c1-12(21-15-9-7-14(8-10-15)19(26)27)16-17(24)22-20(28)23(18(16)25)11-13-5-3-2-4-6-13/h2-10,25H,11H2,1H3,(H,26,27)(H,22,24,28)/p-1. The molecule has 0 aliphatic rings. The van der Waals surface area contributed by atoms with Gasteiger partial charge in [0, 0.05) is 0 Å². The van der Waals surface area contributed by atoms with Crippen LogP contribution in [0, 0.1) is 0 Å².